The van der Waals surface area contributed by atoms with Gasteiger partial charge in [0.2, 0.25) is 0 Å². The molecule has 2 aliphatic rings. The number of rotatable bonds is 3. The van der Waals surface area contributed by atoms with Crippen LogP contribution in [0, 0.1) is 0 Å². The van der Waals surface area contributed by atoms with Gasteiger partial charge in [-0.2, -0.15) is 0 Å². The summed E-state index contributed by atoms with van der Waals surface area (Å²) in [5.74, 6) is 0. The molecule has 2 aliphatic heterocycles. The van der Waals surface area contributed by atoms with Crippen LogP contribution in [0.5, 0.6) is 0 Å². The summed E-state index contributed by atoms with van der Waals surface area (Å²) in [7, 11) is 0. The summed E-state index contributed by atoms with van der Waals surface area (Å²) in [6.07, 6.45) is 2.06. The second kappa shape index (κ2) is 5.90. The third-order valence-corrected chi connectivity index (χ3v) is 3.14. The van der Waals surface area contributed by atoms with Crippen molar-refractivity contribution < 1.29 is 10.2 Å². The Morgan fingerprint density at radius 2 is 1.00 bits per heavy atom. The van der Waals surface area contributed by atoms with Gasteiger partial charge in [-0.05, 0) is 12.8 Å². The molecular weight excluding hydrogens is 208 g/mol. The summed E-state index contributed by atoms with van der Waals surface area (Å²) in [5.41, 5.74) is 0. The summed E-state index contributed by atoms with van der Waals surface area (Å²) < 4.78 is 0. The summed E-state index contributed by atoms with van der Waals surface area (Å²) >= 11 is 0. The summed E-state index contributed by atoms with van der Waals surface area (Å²) in [5, 5.41) is 31.6. The van der Waals surface area contributed by atoms with E-state index in [-0.39, 0.29) is 12.2 Å². The molecule has 0 spiro atoms. The number of hydrogen-bond donors (Lipinski definition) is 6. The molecule has 0 unspecified atom stereocenters. The van der Waals surface area contributed by atoms with Crippen molar-refractivity contribution in [3.05, 3.63) is 0 Å². The molecule has 2 fully saturated rings. The lowest BCUT2D eigenvalue weighted by Crippen LogP contribution is -2.57. The van der Waals surface area contributed by atoms with Gasteiger partial charge in [0.05, 0.1) is 24.5 Å². The van der Waals surface area contributed by atoms with E-state index in [0.717, 1.165) is 12.8 Å². The predicted molar refractivity (Wildman–Crippen MR) is 60.8 cm³/mol. The fourth-order valence-corrected chi connectivity index (χ4v) is 2.14. The van der Waals surface area contributed by atoms with Gasteiger partial charge in [-0.15, -0.1) is 0 Å². The number of aliphatic hydroxyl groups is 2. The third-order valence-electron chi connectivity index (χ3n) is 3.14. The van der Waals surface area contributed by atoms with Crippen LogP contribution < -0.4 is 21.3 Å². The summed E-state index contributed by atoms with van der Waals surface area (Å²) in [4.78, 5) is 0. The van der Waals surface area contributed by atoms with Crippen LogP contribution in [0.25, 0.3) is 0 Å². The lowest BCUT2D eigenvalue weighted by molar-refractivity contribution is 0.113. The van der Waals surface area contributed by atoms with Crippen molar-refractivity contribution in [2.45, 2.75) is 37.4 Å². The molecular formula is C10H22N4O2. The lowest BCUT2D eigenvalue weighted by atomic mass is 10.1. The van der Waals surface area contributed by atoms with E-state index in [1.165, 1.54) is 0 Å². The number of β-amino-alcohol motifs (C(OH)–C–C–N with tert-alkyl or cyclic N) is 2. The standard InChI is InChI=1S/C10H22N4O2/c15-7-3-11-9(12-4-7)1-2-10-13-5-8(16)6-14-10/h7-16H,1-6H2. The SMILES string of the molecule is OC1CNC(CCC2NCC(O)CN2)NC1. The molecule has 0 aromatic heterocycles. The van der Waals surface area contributed by atoms with Crippen molar-refractivity contribution in [3.63, 3.8) is 0 Å². The van der Waals surface area contributed by atoms with E-state index < -0.39 is 0 Å². The Morgan fingerprint density at radius 3 is 1.31 bits per heavy atom. The van der Waals surface area contributed by atoms with Crippen molar-refractivity contribution in [2.24, 2.45) is 0 Å². The maximum absolute atomic E-state index is 9.30. The monoisotopic (exact) mass is 230 g/mol. The predicted octanol–water partition coefficient (Wildman–Crippen LogP) is -2.47. The second-order valence-electron chi connectivity index (χ2n) is 4.62. The van der Waals surface area contributed by atoms with E-state index in [1.54, 1.807) is 0 Å². The Hall–Kier alpha value is -0.240. The van der Waals surface area contributed by atoms with Gasteiger partial charge in [-0.25, -0.2) is 0 Å². The summed E-state index contributed by atoms with van der Waals surface area (Å²) in [6, 6.07) is 0. The van der Waals surface area contributed by atoms with Gasteiger partial charge < -0.3 is 10.2 Å². The van der Waals surface area contributed by atoms with E-state index in [0.29, 0.717) is 38.5 Å². The number of hydrogen-bond acceptors (Lipinski definition) is 6. The molecule has 0 aliphatic carbocycles. The molecule has 0 radical (unpaired) electrons. The highest BCUT2D eigenvalue weighted by atomic mass is 16.3. The quantitative estimate of drug-likeness (QED) is 0.322. The highest BCUT2D eigenvalue weighted by Crippen LogP contribution is 2.03. The third kappa shape index (κ3) is 3.65. The first-order chi connectivity index (χ1) is 7.74. The highest BCUT2D eigenvalue weighted by Gasteiger charge is 2.21. The Labute approximate surface area is 95.8 Å². The van der Waals surface area contributed by atoms with Crippen LogP contribution in [0.2, 0.25) is 0 Å². The van der Waals surface area contributed by atoms with Gasteiger partial charge in [-0.3, -0.25) is 21.3 Å². The van der Waals surface area contributed by atoms with E-state index in [2.05, 4.69) is 21.3 Å². The zero-order chi connectivity index (χ0) is 11.4. The van der Waals surface area contributed by atoms with Gasteiger partial charge in [0.25, 0.3) is 0 Å². The number of aliphatic hydroxyl groups excluding tert-OH is 2. The van der Waals surface area contributed by atoms with Crippen molar-refractivity contribution in [3.8, 4) is 0 Å². The largest absolute Gasteiger partial charge is 0.390 e. The normalized spacial score (nSPS) is 40.9. The van der Waals surface area contributed by atoms with Crippen LogP contribution in [-0.4, -0.2) is 60.9 Å². The minimum Gasteiger partial charge on any atom is -0.390 e. The minimum atomic E-state index is -0.266. The van der Waals surface area contributed by atoms with Gasteiger partial charge in [0, 0.05) is 26.2 Å². The maximum Gasteiger partial charge on any atom is 0.0789 e. The fourth-order valence-electron chi connectivity index (χ4n) is 2.14. The zero-order valence-corrected chi connectivity index (χ0v) is 9.45. The molecule has 6 heteroatoms. The minimum absolute atomic E-state index is 0.266. The van der Waals surface area contributed by atoms with Gasteiger partial charge in [-0.1, -0.05) is 0 Å². The molecule has 0 aromatic carbocycles. The van der Waals surface area contributed by atoms with Crippen molar-refractivity contribution in [2.75, 3.05) is 26.2 Å². The molecule has 0 bridgehead atoms. The van der Waals surface area contributed by atoms with Crippen LogP contribution in [0.1, 0.15) is 12.8 Å². The molecule has 0 aromatic rings. The van der Waals surface area contributed by atoms with E-state index in [9.17, 15) is 10.2 Å². The van der Waals surface area contributed by atoms with Gasteiger partial charge in [0.15, 0.2) is 0 Å². The molecule has 6 nitrogen and oxygen atoms in total. The number of nitrogens with one attached hydrogen (secondary N) is 4. The highest BCUT2D eigenvalue weighted by molar-refractivity contribution is 4.81. The smallest absolute Gasteiger partial charge is 0.0789 e. The molecule has 2 heterocycles. The van der Waals surface area contributed by atoms with E-state index >= 15 is 0 Å². The molecule has 6 N–H and O–H groups in total. The van der Waals surface area contributed by atoms with E-state index in [1.807, 2.05) is 0 Å². The Kier molecular flexibility index (Phi) is 4.51. The molecule has 0 amide bonds. The Morgan fingerprint density at radius 1 is 0.688 bits per heavy atom. The molecule has 94 valence electrons. The van der Waals surface area contributed by atoms with E-state index in [4.69, 9.17) is 0 Å². The Bertz CT molecular complexity index is 179. The zero-order valence-electron chi connectivity index (χ0n) is 9.45. The first-order valence-electron chi connectivity index (χ1n) is 6.03. The van der Waals surface area contributed by atoms with Gasteiger partial charge >= 0.3 is 0 Å². The Balaban J connectivity index is 1.60. The van der Waals surface area contributed by atoms with Crippen LogP contribution in [0.15, 0.2) is 0 Å². The molecule has 2 saturated heterocycles. The summed E-state index contributed by atoms with van der Waals surface area (Å²) in [6.45, 7) is 2.67. The van der Waals surface area contributed by atoms with Crippen molar-refractivity contribution in [1.29, 1.82) is 0 Å². The topological polar surface area (TPSA) is 88.6 Å². The average Bonchev–Trinajstić information content (AvgIpc) is 2.30. The van der Waals surface area contributed by atoms with Crippen molar-refractivity contribution in [1.82, 2.24) is 21.3 Å². The first-order valence-corrected chi connectivity index (χ1v) is 6.03. The van der Waals surface area contributed by atoms with Crippen molar-refractivity contribution >= 4 is 0 Å². The first kappa shape index (κ1) is 12.2. The van der Waals surface area contributed by atoms with Gasteiger partial charge in [0.1, 0.15) is 0 Å². The fraction of sp³-hybridized carbons (Fsp3) is 1.00. The van der Waals surface area contributed by atoms with Crippen LogP contribution >= 0.6 is 0 Å². The lowest BCUT2D eigenvalue weighted by Gasteiger charge is -2.32. The molecule has 16 heavy (non-hydrogen) atoms. The second-order valence-corrected chi connectivity index (χ2v) is 4.62. The van der Waals surface area contributed by atoms with Crippen LogP contribution in [-0.2, 0) is 0 Å². The van der Waals surface area contributed by atoms with Crippen LogP contribution in [0.4, 0.5) is 0 Å². The molecule has 0 saturated carbocycles. The maximum atomic E-state index is 9.30. The average molecular weight is 230 g/mol. The van der Waals surface area contributed by atoms with Crippen LogP contribution in [0.3, 0.4) is 0 Å². The molecule has 0 atom stereocenters. The molecule has 2 rings (SSSR count).